The van der Waals surface area contributed by atoms with Crippen LogP contribution in [0.1, 0.15) is 12.5 Å². The normalized spacial score (nSPS) is 12.9. The molecule has 5 nitrogen and oxygen atoms in total. The summed E-state index contributed by atoms with van der Waals surface area (Å²) < 4.78 is 5.09. The fourth-order valence-electron chi connectivity index (χ4n) is 2.45. The second kappa shape index (κ2) is 8.15. The van der Waals surface area contributed by atoms with E-state index in [-0.39, 0.29) is 12.3 Å². The first-order valence-corrected chi connectivity index (χ1v) is 7.73. The summed E-state index contributed by atoms with van der Waals surface area (Å²) in [6.45, 7) is 1.64. The number of methoxy groups -OCH3 is 1. The molecule has 0 fully saturated rings. The molecule has 2 rings (SSSR count). The lowest BCUT2D eigenvalue weighted by Crippen LogP contribution is -2.33. The number of nitrogens with one attached hydrogen (secondary N) is 1. The van der Waals surface area contributed by atoms with Crippen molar-refractivity contribution in [2.75, 3.05) is 12.4 Å². The summed E-state index contributed by atoms with van der Waals surface area (Å²) in [4.78, 5) is 24.0. The first-order chi connectivity index (χ1) is 11.5. The van der Waals surface area contributed by atoms with Gasteiger partial charge in [-0.3, -0.25) is 9.59 Å². The third-order valence-electron chi connectivity index (χ3n) is 3.99. The molecule has 0 spiro atoms. The van der Waals surface area contributed by atoms with Crippen molar-refractivity contribution >= 4 is 17.6 Å². The van der Waals surface area contributed by atoms with E-state index in [1.54, 1.807) is 38.3 Å². The summed E-state index contributed by atoms with van der Waals surface area (Å²) in [5.74, 6) is -2.05. The van der Waals surface area contributed by atoms with Crippen molar-refractivity contribution in [2.24, 2.45) is 11.8 Å². The molecule has 0 radical (unpaired) electrons. The zero-order valence-electron chi connectivity index (χ0n) is 13.7. The molecule has 0 aliphatic rings. The lowest BCUT2D eigenvalue weighted by atomic mass is 9.87. The van der Waals surface area contributed by atoms with Crippen LogP contribution in [0.5, 0.6) is 5.75 Å². The highest BCUT2D eigenvalue weighted by atomic mass is 16.5. The molecule has 2 atom stereocenters. The van der Waals surface area contributed by atoms with E-state index in [1.807, 2.05) is 30.3 Å². The predicted molar refractivity (Wildman–Crippen MR) is 92.1 cm³/mol. The van der Waals surface area contributed by atoms with E-state index in [2.05, 4.69) is 5.32 Å². The third-order valence-corrected chi connectivity index (χ3v) is 3.99. The van der Waals surface area contributed by atoms with Gasteiger partial charge in [0.1, 0.15) is 5.75 Å². The van der Waals surface area contributed by atoms with Gasteiger partial charge in [0, 0.05) is 11.6 Å². The molecule has 0 heterocycles. The number of carbonyl (C=O) groups is 2. The topological polar surface area (TPSA) is 75.6 Å². The zero-order valence-corrected chi connectivity index (χ0v) is 13.7. The zero-order chi connectivity index (χ0) is 17.5. The van der Waals surface area contributed by atoms with E-state index < -0.39 is 17.8 Å². The van der Waals surface area contributed by atoms with Gasteiger partial charge >= 0.3 is 5.97 Å². The van der Waals surface area contributed by atoms with Crippen LogP contribution in [0, 0.1) is 11.8 Å². The number of rotatable bonds is 7. The lowest BCUT2D eigenvalue weighted by molar-refractivity contribution is -0.145. The van der Waals surface area contributed by atoms with Crippen molar-refractivity contribution in [1.29, 1.82) is 0 Å². The van der Waals surface area contributed by atoms with Gasteiger partial charge in [0.05, 0.1) is 13.0 Å². The summed E-state index contributed by atoms with van der Waals surface area (Å²) in [6, 6.07) is 16.2. The van der Waals surface area contributed by atoms with Crippen molar-refractivity contribution in [1.82, 2.24) is 0 Å². The Hall–Kier alpha value is -2.82. The fraction of sp³-hybridized carbons (Fsp3) is 0.263. The number of carbonyl (C=O) groups excluding carboxylic acids is 1. The van der Waals surface area contributed by atoms with Crippen molar-refractivity contribution in [3.05, 3.63) is 60.2 Å². The highest BCUT2D eigenvalue weighted by molar-refractivity contribution is 5.94. The van der Waals surface area contributed by atoms with Gasteiger partial charge in [-0.05, 0) is 36.2 Å². The van der Waals surface area contributed by atoms with E-state index in [0.29, 0.717) is 11.4 Å². The molecular formula is C19H21NO4. The molecule has 0 aliphatic heterocycles. The molecule has 24 heavy (non-hydrogen) atoms. The highest BCUT2D eigenvalue weighted by Gasteiger charge is 2.30. The van der Waals surface area contributed by atoms with Crippen LogP contribution in [0.2, 0.25) is 0 Å². The summed E-state index contributed by atoms with van der Waals surface area (Å²) >= 11 is 0. The van der Waals surface area contributed by atoms with Crippen molar-refractivity contribution < 1.29 is 19.4 Å². The predicted octanol–water partition coefficient (Wildman–Crippen LogP) is 3.21. The van der Waals surface area contributed by atoms with Crippen LogP contribution in [0.3, 0.4) is 0 Å². The summed E-state index contributed by atoms with van der Waals surface area (Å²) in [5.41, 5.74) is 1.51. The number of amides is 1. The molecule has 0 saturated heterocycles. The molecule has 0 aliphatic carbocycles. The van der Waals surface area contributed by atoms with Gasteiger partial charge in [-0.15, -0.1) is 0 Å². The summed E-state index contributed by atoms with van der Waals surface area (Å²) in [6.07, 6.45) is 0.280. The van der Waals surface area contributed by atoms with Gasteiger partial charge in [-0.1, -0.05) is 37.3 Å². The van der Waals surface area contributed by atoms with Gasteiger partial charge in [0.25, 0.3) is 0 Å². The van der Waals surface area contributed by atoms with Crippen LogP contribution in [-0.2, 0) is 16.0 Å². The number of para-hydroxylation sites is 1. The van der Waals surface area contributed by atoms with Crippen molar-refractivity contribution in [3.63, 3.8) is 0 Å². The van der Waals surface area contributed by atoms with Crippen molar-refractivity contribution in [3.8, 4) is 5.75 Å². The van der Waals surface area contributed by atoms with Crippen molar-refractivity contribution in [2.45, 2.75) is 13.3 Å². The van der Waals surface area contributed by atoms with E-state index in [1.165, 1.54) is 0 Å². The van der Waals surface area contributed by atoms with E-state index >= 15 is 0 Å². The van der Waals surface area contributed by atoms with Crippen LogP contribution in [0.15, 0.2) is 54.6 Å². The minimum absolute atomic E-state index is 0.280. The first-order valence-electron chi connectivity index (χ1n) is 7.73. The molecule has 0 saturated carbocycles. The molecular weight excluding hydrogens is 306 g/mol. The smallest absolute Gasteiger partial charge is 0.307 e. The average Bonchev–Trinajstić information content (AvgIpc) is 2.60. The number of carboxylic acid groups (broad SMARTS) is 1. The van der Waals surface area contributed by atoms with Crippen LogP contribution < -0.4 is 10.1 Å². The minimum Gasteiger partial charge on any atom is -0.497 e. The maximum absolute atomic E-state index is 12.4. The van der Waals surface area contributed by atoms with Gasteiger partial charge in [0.2, 0.25) is 5.91 Å². The fourth-order valence-corrected chi connectivity index (χ4v) is 2.45. The summed E-state index contributed by atoms with van der Waals surface area (Å²) in [7, 11) is 1.57. The van der Waals surface area contributed by atoms with Gasteiger partial charge in [-0.2, -0.15) is 0 Å². The SMILES string of the molecule is COc1ccc(C[C@H](C(=O)O)[C@H](C)C(=O)Nc2ccccc2)cc1. The van der Waals surface area contributed by atoms with Crippen LogP contribution in [0.4, 0.5) is 5.69 Å². The minimum atomic E-state index is -0.985. The Labute approximate surface area is 141 Å². The molecule has 2 aromatic rings. The van der Waals surface area contributed by atoms with Gasteiger partial charge < -0.3 is 15.2 Å². The maximum Gasteiger partial charge on any atom is 0.307 e. The molecule has 0 unspecified atom stereocenters. The molecule has 2 aromatic carbocycles. The Bertz CT molecular complexity index is 682. The molecule has 2 N–H and O–H groups in total. The Morgan fingerprint density at radius 1 is 1.08 bits per heavy atom. The number of aliphatic carboxylic acids is 1. The van der Waals surface area contributed by atoms with Crippen LogP contribution >= 0.6 is 0 Å². The number of hydrogen-bond acceptors (Lipinski definition) is 3. The Morgan fingerprint density at radius 2 is 1.71 bits per heavy atom. The second-order valence-corrected chi connectivity index (χ2v) is 5.64. The Balaban J connectivity index is 2.07. The number of benzene rings is 2. The monoisotopic (exact) mass is 327 g/mol. The standard InChI is InChI=1S/C19H21NO4/c1-13(18(21)20-15-6-4-3-5-7-15)17(19(22)23)12-14-8-10-16(24-2)11-9-14/h3-11,13,17H,12H2,1-2H3,(H,20,21)(H,22,23)/t13-,17-/m0/s1. The van der Waals surface area contributed by atoms with Gasteiger partial charge in [0.15, 0.2) is 0 Å². The average molecular weight is 327 g/mol. The van der Waals surface area contributed by atoms with Crippen LogP contribution in [0.25, 0.3) is 0 Å². The maximum atomic E-state index is 12.4. The number of hydrogen-bond donors (Lipinski definition) is 2. The molecule has 1 amide bonds. The summed E-state index contributed by atoms with van der Waals surface area (Å²) in [5, 5.41) is 12.3. The second-order valence-electron chi connectivity index (χ2n) is 5.64. The Morgan fingerprint density at radius 3 is 2.25 bits per heavy atom. The lowest BCUT2D eigenvalue weighted by Gasteiger charge is -2.20. The van der Waals surface area contributed by atoms with Crippen LogP contribution in [-0.4, -0.2) is 24.1 Å². The third kappa shape index (κ3) is 4.59. The molecule has 0 aromatic heterocycles. The quantitative estimate of drug-likeness (QED) is 0.819. The number of ether oxygens (including phenoxy) is 1. The Kier molecular flexibility index (Phi) is 5.95. The largest absolute Gasteiger partial charge is 0.497 e. The first kappa shape index (κ1) is 17.5. The van der Waals surface area contributed by atoms with E-state index in [4.69, 9.17) is 4.74 Å². The molecule has 126 valence electrons. The molecule has 0 bridgehead atoms. The number of anilines is 1. The number of carboxylic acids is 1. The molecule has 5 heteroatoms. The van der Waals surface area contributed by atoms with E-state index in [9.17, 15) is 14.7 Å². The van der Waals surface area contributed by atoms with Gasteiger partial charge in [-0.25, -0.2) is 0 Å². The van der Waals surface area contributed by atoms with E-state index in [0.717, 1.165) is 5.56 Å². The highest BCUT2D eigenvalue weighted by Crippen LogP contribution is 2.22.